The molecule has 0 aliphatic carbocycles. The maximum atomic E-state index is 9.11. The normalized spacial score (nSPS) is 12.4. The first-order valence-electron chi connectivity index (χ1n) is 0.757. The van der Waals surface area contributed by atoms with E-state index in [0.717, 1.165) is 0 Å². The van der Waals surface area contributed by atoms with Crippen molar-refractivity contribution in [2.45, 2.75) is 0 Å². The van der Waals surface area contributed by atoms with Crippen LogP contribution in [0.1, 0.15) is 0 Å². The molecule has 0 bridgehead atoms. The summed E-state index contributed by atoms with van der Waals surface area (Å²) in [5.74, 6) is 0. The van der Waals surface area contributed by atoms with Gasteiger partial charge >= 0.3 is 0 Å². The Bertz CT molecular complexity index is 32.6. The number of hydrogen-bond acceptors (Lipinski definition) is 1. The van der Waals surface area contributed by atoms with Crippen molar-refractivity contribution < 1.29 is 8.76 Å². The second-order valence-electron chi connectivity index (χ2n) is 0.424. The monoisotopic (exact) mass is 119 g/mol. The average Bonchev–Trinajstić information content (AvgIpc) is 0.811. The van der Waals surface area contributed by atoms with Gasteiger partial charge in [0.2, 0.25) is 0 Å². The van der Waals surface area contributed by atoms with Gasteiger partial charge in [0, 0.05) is 57.6 Å². The Morgan fingerprint density at radius 2 is 1.80 bits per heavy atom. The van der Waals surface area contributed by atoms with E-state index < -0.39 is 11.1 Å². The van der Waals surface area contributed by atoms with Crippen molar-refractivity contribution in [1.29, 1.82) is 0 Å². The molecular formula is CH4KO2S. The van der Waals surface area contributed by atoms with E-state index in [1.807, 2.05) is 0 Å². The molecule has 27 valence electrons. The van der Waals surface area contributed by atoms with Crippen LogP contribution in [0, 0.1) is 0 Å². The molecule has 1 radical (unpaired) electrons. The molecule has 0 saturated heterocycles. The third kappa shape index (κ3) is 26.4. The Labute approximate surface area is 76.0 Å². The smallest absolute Gasteiger partial charge is 0.149 e. The average molecular weight is 119 g/mol. The predicted molar refractivity (Wildman–Crippen MR) is 22.4 cm³/mol. The molecule has 0 saturated carbocycles. The minimum absolute atomic E-state index is 0. The summed E-state index contributed by atoms with van der Waals surface area (Å²) in [7, 11) is 0. The van der Waals surface area contributed by atoms with Gasteiger partial charge in [-0.2, -0.15) is 0 Å². The molecule has 0 aliphatic heterocycles. The molecule has 0 aliphatic rings. The second-order valence-corrected chi connectivity index (χ2v) is 1.27. The van der Waals surface area contributed by atoms with Crippen LogP contribution < -0.4 is 0 Å². The van der Waals surface area contributed by atoms with Gasteiger partial charge in [-0.1, -0.05) is 0 Å². The summed E-state index contributed by atoms with van der Waals surface area (Å²) >= 11 is -1.61. The third-order valence-electron chi connectivity index (χ3n) is 0. The molecule has 0 rings (SSSR count). The Morgan fingerprint density at radius 1 is 1.80 bits per heavy atom. The molecule has 0 spiro atoms. The molecule has 0 aromatic heterocycles. The zero-order valence-corrected chi connectivity index (χ0v) is 7.20. The van der Waals surface area contributed by atoms with Gasteiger partial charge in [-0.15, -0.1) is 0 Å². The van der Waals surface area contributed by atoms with Crippen LogP contribution in [0.2, 0.25) is 0 Å². The summed E-state index contributed by atoms with van der Waals surface area (Å²) in [6.07, 6.45) is 1.19. The summed E-state index contributed by atoms with van der Waals surface area (Å²) in [4.78, 5) is 0. The molecule has 0 amide bonds. The Morgan fingerprint density at radius 3 is 1.80 bits per heavy atom. The number of hydrogen-bond donors (Lipinski definition) is 1. The zero-order chi connectivity index (χ0) is 3.58. The summed E-state index contributed by atoms with van der Waals surface area (Å²) in [6, 6.07) is 0. The van der Waals surface area contributed by atoms with Crippen LogP contribution in [-0.4, -0.2) is 66.4 Å². The molecule has 5 heavy (non-hydrogen) atoms. The van der Waals surface area contributed by atoms with Crippen molar-refractivity contribution in [3.05, 3.63) is 0 Å². The van der Waals surface area contributed by atoms with E-state index in [0.29, 0.717) is 0 Å². The van der Waals surface area contributed by atoms with E-state index in [-0.39, 0.29) is 51.4 Å². The van der Waals surface area contributed by atoms with Gasteiger partial charge < -0.3 is 4.55 Å². The van der Waals surface area contributed by atoms with Gasteiger partial charge in [0.05, 0.1) is 0 Å². The maximum absolute atomic E-state index is 9.11. The fraction of sp³-hybridized carbons (Fsp3) is 1.00. The molecule has 2 nitrogen and oxygen atoms in total. The van der Waals surface area contributed by atoms with Crippen molar-refractivity contribution >= 4 is 62.5 Å². The van der Waals surface area contributed by atoms with Crippen LogP contribution in [0.3, 0.4) is 0 Å². The predicted octanol–water partition coefficient (Wildman–Crippen LogP) is -0.543. The van der Waals surface area contributed by atoms with Crippen molar-refractivity contribution in [2.75, 3.05) is 6.26 Å². The largest absolute Gasteiger partial charge is 0.306 e. The number of rotatable bonds is 0. The molecule has 1 N–H and O–H groups in total. The quantitative estimate of drug-likeness (QED) is 0.343. The van der Waals surface area contributed by atoms with Crippen LogP contribution >= 0.6 is 0 Å². The Hall–Kier alpha value is 1.75. The Balaban J connectivity index is 0. The van der Waals surface area contributed by atoms with Gasteiger partial charge in [0.1, 0.15) is 11.1 Å². The fourth-order valence-corrected chi connectivity index (χ4v) is 0. The summed E-state index contributed by atoms with van der Waals surface area (Å²) in [5, 5.41) is 0. The standard InChI is InChI=1S/CH4O2S.K/c1-4(2)3;/h1H3,(H,2,3);. The van der Waals surface area contributed by atoms with Gasteiger partial charge in [0.15, 0.2) is 0 Å². The summed E-state index contributed by atoms with van der Waals surface area (Å²) < 4.78 is 16.6. The van der Waals surface area contributed by atoms with E-state index in [9.17, 15) is 0 Å². The first-order chi connectivity index (χ1) is 1.73. The minimum atomic E-state index is -1.61. The van der Waals surface area contributed by atoms with Crippen LogP contribution in [0.15, 0.2) is 0 Å². The van der Waals surface area contributed by atoms with E-state index >= 15 is 0 Å². The molecule has 1 unspecified atom stereocenters. The van der Waals surface area contributed by atoms with E-state index in [1.165, 1.54) is 6.26 Å². The van der Waals surface area contributed by atoms with Crippen LogP contribution in [0.25, 0.3) is 0 Å². The van der Waals surface area contributed by atoms with Gasteiger partial charge in [-0.3, -0.25) is 0 Å². The van der Waals surface area contributed by atoms with Crippen LogP contribution in [-0.2, 0) is 11.1 Å². The SMILES string of the molecule is CS(=O)O.[K]. The zero-order valence-electron chi connectivity index (χ0n) is 3.26. The molecule has 0 fully saturated rings. The van der Waals surface area contributed by atoms with Crippen molar-refractivity contribution in [3.63, 3.8) is 0 Å². The Kier molecular flexibility index (Phi) is 11.4. The molecule has 1 atom stereocenters. The van der Waals surface area contributed by atoms with Gasteiger partial charge in [-0.05, 0) is 0 Å². The second kappa shape index (κ2) is 5.75. The first-order valence-corrected chi connectivity index (χ1v) is 2.27. The fourth-order valence-electron chi connectivity index (χ4n) is 0. The minimum Gasteiger partial charge on any atom is -0.306 e. The van der Waals surface area contributed by atoms with Gasteiger partial charge in [0.25, 0.3) is 0 Å². The molecular weight excluding hydrogens is 115 g/mol. The van der Waals surface area contributed by atoms with Crippen molar-refractivity contribution in [2.24, 2.45) is 0 Å². The molecule has 0 aromatic rings. The van der Waals surface area contributed by atoms with Crippen molar-refractivity contribution in [3.8, 4) is 0 Å². The van der Waals surface area contributed by atoms with Crippen molar-refractivity contribution in [1.82, 2.24) is 0 Å². The van der Waals surface area contributed by atoms with Crippen LogP contribution in [0.5, 0.6) is 0 Å². The van der Waals surface area contributed by atoms with Crippen LogP contribution in [0.4, 0.5) is 0 Å². The summed E-state index contributed by atoms with van der Waals surface area (Å²) in [6.45, 7) is 0. The van der Waals surface area contributed by atoms with E-state index in [4.69, 9.17) is 8.76 Å². The topological polar surface area (TPSA) is 37.3 Å². The molecule has 4 heteroatoms. The van der Waals surface area contributed by atoms with Gasteiger partial charge in [-0.25, -0.2) is 4.21 Å². The summed E-state index contributed by atoms with van der Waals surface area (Å²) in [5.41, 5.74) is 0. The molecule has 0 aromatic carbocycles. The van der Waals surface area contributed by atoms with E-state index in [1.54, 1.807) is 0 Å². The maximum Gasteiger partial charge on any atom is 0.149 e. The molecule has 0 heterocycles. The first kappa shape index (κ1) is 9.89. The third-order valence-corrected chi connectivity index (χ3v) is 0. The van der Waals surface area contributed by atoms with E-state index in [2.05, 4.69) is 0 Å².